The third-order valence-corrected chi connectivity index (χ3v) is 7.94. The highest BCUT2D eigenvalue weighted by Gasteiger charge is 2.76. The van der Waals surface area contributed by atoms with Gasteiger partial charge in [-0.05, 0) is 55.8 Å². The van der Waals surface area contributed by atoms with E-state index in [2.05, 4.69) is 10.3 Å². The van der Waals surface area contributed by atoms with Crippen LogP contribution in [-0.2, 0) is 16.0 Å². The predicted octanol–water partition coefficient (Wildman–Crippen LogP) is 2.02. The van der Waals surface area contributed by atoms with Gasteiger partial charge < -0.3 is 5.32 Å². The van der Waals surface area contributed by atoms with Crippen molar-refractivity contribution in [3.05, 3.63) is 23.9 Å². The van der Waals surface area contributed by atoms with Crippen LogP contribution in [-0.4, -0.2) is 31.2 Å². The van der Waals surface area contributed by atoms with E-state index in [4.69, 9.17) is 0 Å². The Balaban J connectivity index is 1.56. The van der Waals surface area contributed by atoms with E-state index in [0.717, 1.165) is 25.2 Å². The zero-order valence-corrected chi connectivity index (χ0v) is 12.5. The summed E-state index contributed by atoms with van der Waals surface area (Å²) in [5, 5.41) is 2.96. The third kappa shape index (κ3) is 1.68. The first-order chi connectivity index (χ1) is 10.2. The summed E-state index contributed by atoms with van der Waals surface area (Å²) in [6.45, 7) is 1.88. The molecule has 0 amide bonds. The van der Waals surface area contributed by atoms with E-state index < -0.39 is 26.3 Å². The van der Waals surface area contributed by atoms with Gasteiger partial charge >= 0.3 is 6.18 Å². The van der Waals surface area contributed by atoms with E-state index in [1.165, 1.54) is 0 Å². The molecule has 0 atom stereocenters. The van der Waals surface area contributed by atoms with Crippen molar-refractivity contribution in [3.63, 3.8) is 0 Å². The predicted molar refractivity (Wildman–Crippen MR) is 71.8 cm³/mol. The molecule has 1 N–H and O–H groups in total. The normalized spacial score (nSPS) is 34.5. The molecule has 1 aliphatic heterocycles. The maximum Gasteiger partial charge on any atom is 0.417 e. The summed E-state index contributed by atoms with van der Waals surface area (Å²) in [4.78, 5) is 3.57. The maximum absolute atomic E-state index is 12.6. The van der Waals surface area contributed by atoms with Gasteiger partial charge in [0.15, 0.2) is 5.03 Å². The van der Waals surface area contributed by atoms with E-state index in [-0.39, 0.29) is 10.4 Å². The Morgan fingerprint density at radius 3 is 2.23 bits per heavy atom. The Morgan fingerprint density at radius 2 is 1.82 bits per heavy atom. The van der Waals surface area contributed by atoms with Crippen molar-refractivity contribution < 1.29 is 21.6 Å². The van der Waals surface area contributed by atoms with Gasteiger partial charge in [0.05, 0.1) is 10.3 Å². The molecule has 0 radical (unpaired) electrons. The van der Waals surface area contributed by atoms with Crippen LogP contribution in [0, 0.1) is 11.3 Å². The van der Waals surface area contributed by atoms with Gasteiger partial charge in [-0.1, -0.05) is 0 Å². The number of nitrogens with zero attached hydrogens (tertiary/aromatic N) is 1. The number of halogens is 3. The molecule has 4 fully saturated rings. The Labute approximate surface area is 126 Å². The fourth-order valence-corrected chi connectivity index (χ4v) is 6.45. The SMILES string of the molecule is O=S(=O)(c1ccc(C(F)(F)F)cn1)C12CC(C3CNC3)(C1)C2. The highest BCUT2D eigenvalue weighted by Crippen LogP contribution is 2.75. The molecule has 2 bridgehead atoms. The Bertz CT molecular complexity index is 704. The number of rotatable bonds is 3. The van der Waals surface area contributed by atoms with Gasteiger partial charge in [0.2, 0.25) is 9.84 Å². The van der Waals surface area contributed by atoms with Gasteiger partial charge in [-0.2, -0.15) is 13.2 Å². The summed E-state index contributed by atoms with van der Waals surface area (Å²) < 4.78 is 62.1. The van der Waals surface area contributed by atoms with Crippen molar-refractivity contribution in [1.82, 2.24) is 10.3 Å². The summed E-state index contributed by atoms with van der Waals surface area (Å²) in [5.41, 5.74) is -0.786. The minimum absolute atomic E-state index is 0.143. The van der Waals surface area contributed by atoms with Crippen molar-refractivity contribution in [2.75, 3.05) is 13.1 Å². The van der Waals surface area contributed by atoms with Gasteiger partial charge in [0.25, 0.3) is 0 Å². The highest BCUT2D eigenvalue weighted by molar-refractivity contribution is 7.93. The van der Waals surface area contributed by atoms with E-state index >= 15 is 0 Å². The lowest BCUT2D eigenvalue weighted by Gasteiger charge is -2.73. The molecule has 1 saturated heterocycles. The molecule has 0 spiro atoms. The van der Waals surface area contributed by atoms with Crippen molar-refractivity contribution in [2.24, 2.45) is 11.3 Å². The van der Waals surface area contributed by atoms with Gasteiger partial charge in [-0.3, -0.25) is 0 Å². The topological polar surface area (TPSA) is 59.1 Å². The van der Waals surface area contributed by atoms with Crippen LogP contribution in [0.5, 0.6) is 0 Å². The molecular weight excluding hydrogens is 317 g/mol. The number of nitrogens with one attached hydrogen (secondary N) is 1. The van der Waals surface area contributed by atoms with Crippen LogP contribution in [0.25, 0.3) is 0 Å². The van der Waals surface area contributed by atoms with Crippen molar-refractivity contribution >= 4 is 9.84 Å². The summed E-state index contributed by atoms with van der Waals surface area (Å²) in [7, 11) is -3.65. The molecular formula is C14H15F3N2O2S. The fraction of sp³-hybridized carbons (Fsp3) is 0.643. The molecule has 0 unspecified atom stereocenters. The summed E-state index contributed by atoms with van der Waals surface area (Å²) >= 11 is 0. The van der Waals surface area contributed by atoms with Gasteiger partial charge in [0, 0.05) is 6.20 Å². The molecule has 5 rings (SSSR count). The van der Waals surface area contributed by atoms with E-state index in [1.807, 2.05) is 0 Å². The first kappa shape index (κ1) is 14.4. The molecule has 1 aromatic heterocycles. The number of sulfone groups is 1. The van der Waals surface area contributed by atoms with Crippen molar-refractivity contribution in [2.45, 2.75) is 35.2 Å². The minimum atomic E-state index is -4.51. The molecule has 2 heterocycles. The van der Waals surface area contributed by atoms with Crippen LogP contribution < -0.4 is 5.32 Å². The minimum Gasteiger partial charge on any atom is -0.316 e. The van der Waals surface area contributed by atoms with E-state index in [0.29, 0.717) is 31.4 Å². The highest BCUT2D eigenvalue weighted by atomic mass is 32.2. The van der Waals surface area contributed by atoms with Gasteiger partial charge in [-0.25, -0.2) is 13.4 Å². The monoisotopic (exact) mass is 332 g/mol. The molecule has 120 valence electrons. The van der Waals surface area contributed by atoms with Crippen LogP contribution >= 0.6 is 0 Å². The van der Waals surface area contributed by atoms with Crippen LogP contribution in [0.3, 0.4) is 0 Å². The molecule has 4 aliphatic rings. The van der Waals surface area contributed by atoms with E-state index in [1.54, 1.807) is 0 Å². The average Bonchev–Trinajstić information content (AvgIpc) is 2.28. The van der Waals surface area contributed by atoms with Crippen LogP contribution in [0.1, 0.15) is 24.8 Å². The second-order valence-electron chi connectivity index (χ2n) is 6.82. The van der Waals surface area contributed by atoms with Crippen LogP contribution in [0.15, 0.2) is 23.4 Å². The smallest absolute Gasteiger partial charge is 0.316 e. The number of aromatic nitrogens is 1. The number of alkyl halides is 3. The first-order valence-electron chi connectivity index (χ1n) is 7.17. The Kier molecular flexibility index (Phi) is 2.64. The van der Waals surface area contributed by atoms with Gasteiger partial charge in [-0.15, -0.1) is 0 Å². The average molecular weight is 332 g/mol. The number of pyridine rings is 1. The number of hydrogen-bond acceptors (Lipinski definition) is 4. The molecule has 1 aromatic rings. The molecule has 0 aromatic carbocycles. The van der Waals surface area contributed by atoms with E-state index in [9.17, 15) is 21.6 Å². The summed E-state index contributed by atoms with van der Waals surface area (Å²) in [6, 6.07) is 1.77. The van der Waals surface area contributed by atoms with Crippen molar-refractivity contribution in [1.29, 1.82) is 0 Å². The number of hydrogen-bond donors (Lipinski definition) is 1. The largest absolute Gasteiger partial charge is 0.417 e. The Morgan fingerprint density at radius 1 is 1.18 bits per heavy atom. The summed E-state index contributed by atoms with van der Waals surface area (Å²) in [6.07, 6.45) is -2.04. The lowest BCUT2D eigenvalue weighted by molar-refractivity contribution is -0.142. The van der Waals surface area contributed by atoms with Gasteiger partial charge in [0.1, 0.15) is 0 Å². The van der Waals surface area contributed by atoms with Crippen LogP contribution in [0.2, 0.25) is 0 Å². The first-order valence-corrected chi connectivity index (χ1v) is 8.66. The molecule has 3 aliphatic carbocycles. The molecule has 3 saturated carbocycles. The third-order valence-electron chi connectivity index (χ3n) is 5.58. The quantitative estimate of drug-likeness (QED) is 0.920. The zero-order chi connectivity index (χ0) is 15.8. The standard InChI is InChI=1S/C14H15F3N2O2S/c15-14(16,17)9-1-2-11(19-5-9)22(20,21)13-6-12(7-13,8-13)10-3-18-4-10/h1-2,5,10,18H,3-4,6-8H2. The molecule has 8 heteroatoms. The lowest BCUT2D eigenvalue weighted by atomic mass is 9.38. The summed E-state index contributed by atoms with van der Waals surface area (Å²) in [5.74, 6) is 0.546. The molecule has 4 nitrogen and oxygen atoms in total. The van der Waals surface area contributed by atoms with Crippen LogP contribution in [0.4, 0.5) is 13.2 Å². The second kappa shape index (κ2) is 4.03. The van der Waals surface area contributed by atoms with Crippen molar-refractivity contribution in [3.8, 4) is 0 Å². The Hall–Kier alpha value is -1.15. The zero-order valence-electron chi connectivity index (χ0n) is 11.7. The lowest BCUT2D eigenvalue weighted by Crippen LogP contribution is -2.76. The molecule has 22 heavy (non-hydrogen) atoms. The maximum atomic E-state index is 12.6. The second-order valence-corrected chi connectivity index (χ2v) is 9.11. The fourth-order valence-electron chi connectivity index (χ4n) is 4.14.